The zero-order valence-corrected chi connectivity index (χ0v) is 37.9. The number of hydrogen-bond donors (Lipinski definition) is 8. The van der Waals surface area contributed by atoms with Gasteiger partial charge in [0.25, 0.3) is 0 Å². The molecule has 1 radical (unpaired) electrons. The number of rotatable bonds is 2. The Hall–Kier alpha value is -2.18. The summed E-state index contributed by atoms with van der Waals surface area (Å²) >= 11 is 0. The summed E-state index contributed by atoms with van der Waals surface area (Å²) in [5.41, 5.74) is -1.47. The number of nitrogens with one attached hydrogen (secondary N) is 8. The van der Waals surface area contributed by atoms with Crippen LogP contribution in [-0.4, -0.2) is 49.3 Å². The van der Waals surface area contributed by atoms with Crippen LogP contribution in [0, 0.1) is 61.6 Å². The van der Waals surface area contributed by atoms with E-state index in [4.69, 9.17) is 0 Å². The summed E-state index contributed by atoms with van der Waals surface area (Å²) < 4.78 is 81.0. The molecule has 8 atom stereocenters. The summed E-state index contributed by atoms with van der Waals surface area (Å²) in [6.45, 7) is 0. The van der Waals surface area contributed by atoms with E-state index in [1.165, 1.54) is 127 Å². The van der Waals surface area contributed by atoms with Gasteiger partial charge in [0, 0.05) is 0 Å². The molecule has 4 aliphatic carbocycles. The topological polar surface area (TPSA) is 115 Å². The third kappa shape index (κ3) is 11.0. The Kier molecular flexibility index (Phi) is 16.1. The minimum atomic E-state index is -4.32. The van der Waals surface area contributed by atoms with E-state index in [-0.39, 0.29) is 28.6 Å². The van der Waals surface area contributed by atoms with Crippen LogP contribution in [0.3, 0.4) is 0 Å². The number of benzene rings is 2. The van der Waals surface area contributed by atoms with Crippen LogP contribution in [-0.2, 0) is 29.4 Å². The molecule has 9 fully saturated rings. The van der Waals surface area contributed by atoms with Gasteiger partial charge in [-0.15, -0.1) is 0 Å². The molecule has 10 nitrogen and oxygen atoms in total. The molecule has 2 aromatic rings. The van der Waals surface area contributed by atoms with Crippen molar-refractivity contribution in [2.45, 2.75) is 164 Å². The van der Waals surface area contributed by atoms with Crippen molar-refractivity contribution in [1.29, 1.82) is 0 Å². The second-order valence-corrected chi connectivity index (χ2v) is 19.9. The number of halogens is 6. The van der Waals surface area contributed by atoms with Gasteiger partial charge < -0.3 is 9.47 Å². The van der Waals surface area contributed by atoms with Crippen LogP contribution in [0.15, 0.2) is 48.5 Å². The molecule has 65 heavy (non-hydrogen) atoms. The molecule has 11 rings (SSSR count). The first-order valence-electron chi connectivity index (χ1n) is 24.1. The Balaban J connectivity index is 0.000000190. The molecule has 2 aromatic carbocycles. The molecule has 365 valence electrons. The van der Waals surface area contributed by atoms with E-state index in [2.05, 4.69) is 66.2 Å². The van der Waals surface area contributed by atoms with Crippen molar-refractivity contribution in [3.63, 3.8) is 0 Å². The molecule has 5 aliphatic heterocycles. The van der Waals surface area contributed by atoms with Crippen molar-refractivity contribution >= 4 is 0 Å². The van der Waals surface area contributed by atoms with Gasteiger partial charge in [-0.3, -0.25) is 42.5 Å². The van der Waals surface area contributed by atoms with Crippen LogP contribution < -0.4 is 52.0 Å². The number of hydrogen-bond acceptors (Lipinski definition) is 10. The van der Waals surface area contributed by atoms with Crippen LogP contribution in [0.2, 0.25) is 0 Å². The van der Waals surface area contributed by atoms with Crippen LogP contribution in [0.5, 0.6) is 11.5 Å². The summed E-state index contributed by atoms with van der Waals surface area (Å²) in [7, 11) is 6.02. The molecule has 8 N–H and O–H groups in total. The number of alkyl halides is 6. The van der Waals surface area contributed by atoms with E-state index >= 15 is 0 Å². The molecular weight excluding hydrogens is 898 g/mol. The van der Waals surface area contributed by atoms with Crippen LogP contribution >= 0.6 is 0 Å². The fraction of sp³-hybridized carbons (Fsp3) is 0.708. The minimum absolute atomic E-state index is 0. The Morgan fingerprint density at radius 3 is 0.738 bits per heavy atom. The van der Waals surface area contributed by atoms with Crippen LogP contribution in [0.1, 0.15) is 114 Å². The molecule has 0 aromatic heterocycles. The van der Waals surface area contributed by atoms with Gasteiger partial charge in [-0.25, -0.2) is 0 Å². The average molecular weight is 967 g/mol. The first-order valence-corrected chi connectivity index (χ1v) is 24.1. The predicted molar refractivity (Wildman–Crippen MR) is 232 cm³/mol. The van der Waals surface area contributed by atoms with Crippen molar-refractivity contribution in [3.05, 3.63) is 73.9 Å². The third-order valence-corrected chi connectivity index (χ3v) is 16.5. The van der Waals surface area contributed by atoms with Crippen LogP contribution in [0.25, 0.3) is 0 Å². The monoisotopic (exact) mass is 965 g/mol. The summed E-state index contributed by atoms with van der Waals surface area (Å²) in [4.78, 5) is 0. The largest absolute Gasteiger partial charge is 2.00 e. The summed E-state index contributed by atoms with van der Waals surface area (Å²) in [6.07, 6.45) is 16.9. The zero-order valence-electron chi connectivity index (χ0n) is 37.0. The molecule has 17 heteroatoms. The third-order valence-electron chi connectivity index (χ3n) is 16.5. The van der Waals surface area contributed by atoms with E-state index in [0.29, 0.717) is 49.3 Å². The molecule has 8 unspecified atom stereocenters. The molecule has 5 heterocycles. The average Bonchev–Trinajstić information content (AvgIpc) is 4.05. The van der Waals surface area contributed by atoms with Crippen molar-refractivity contribution in [2.75, 3.05) is 0 Å². The Morgan fingerprint density at radius 2 is 0.569 bits per heavy atom. The second-order valence-electron chi connectivity index (χ2n) is 19.9. The predicted octanol–water partition coefficient (Wildman–Crippen LogP) is 8.35. The summed E-state index contributed by atoms with van der Waals surface area (Å²) in [5.74, 6) is 6.17. The standard InChI is InChI=1S/C32H56N8.2C8H6F3O.Cu/c1-2-10-18-17(9-1)25-33-26(18)38-28-21-13-5-6-14-22(21)30(35-28)40-32-24-16-8-7-15-23(24)31(36-32)39-29-20-12-4-3-11-19(20)27(34-29)37-25;2*1-12-7-4-2-3-6(5-7)8(9,10)11;/h17-40H,1-16H2;2*2-5H,1H2;/q;2*-1;+2. The molecule has 0 spiro atoms. The Morgan fingerprint density at radius 1 is 0.369 bits per heavy atom. The van der Waals surface area contributed by atoms with E-state index in [0.717, 1.165) is 71.6 Å². The summed E-state index contributed by atoms with van der Waals surface area (Å²) in [5, 5.41) is 33.8. The molecule has 9 aliphatic rings. The quantitative estimate of drug-likeness (QED) is 0.0850. The minimum Gasteiger partial charge on any atom is -0.665 e. The second kappa shape index (κ2) is 21.2. The molecule has 0 amide bonds. The smallest absolute Gasteiger partial charge is 0.665 e. The maximum Gasteiger partial charge on any atom is 2.00 e. The van der Waals surface area contributed by atoms with Gasteiger partial charge in [0.05, 0.1) is 72.0 Å². The van der Waals surface area contributed by atoms with E-state index in [1.807, 2.05) is 0 Å². The van der Waals surface area contributed by atoms with Crippen molar-refractivity contribution in [3.8, 4) is 11.5 Å². The fourth-order valence-corrected chi connectivity index (χ4v) is 13.5. The van der Waals surface area contributed by atoms with E-state index in [1.54, 1.807) is 0 Å². The van der Waals surface area contributed by atoms with Crippen molar-refractivity contribution in [2.24, 2.45) is 47.3 Å². The maximum absolute atomic E-state index is 12.0. The molecule has 5 saturated heterocycles. The van der Waals surface area contributed by atoms with E-state index < -0.39 is 23.5 Å². The molecular formula is C48H68CuF6N8O2. The molecule has 4 saturated carbocycles. The van der Waals surface area contributed by atoms with Gasteiger partial charge in [0.1, 0.15) is 0 Å². The fourth-order valence-electron chi connectivity index (χ4n) is 13.5. The van der Waals surface area contributed by atoms with Gasteiger partial charge in [-0.2, -0.15) is 40.6 Å². The van der Waals surface area contributed by atoms with Gasteiger partial charge in [0.2, 0.25) is 0 Å². The number of ether oxygens (including phenoxy) is 2. The van der Waals surface area contributed by atoms with Gasteiger partial charge in [0.15, 0.2) is 0 Å². The van der Waals surface area contributed by atoms with E-state index in [9.17, 15) is 26.3 Å². The first-order chi connectivity index (χ1) is 30.9. The van der Waals surface area contributed by atoms with Crippen molar-refractivity contribution in [1.82, 2.24) is 42.5 Å². The normalized spacial score (nSPS) is 39.6. The van der Waals surface area contributed by atoms with Gasteiger partial charge >= 0.3 is 29.4 Å². The van der Waals surface area contributed by atoms with Crippen LogP contribution in [0.4, 0.5) is 26.3 Å². The maximum atomic E-state index is 12.0. The SMILES string of the molecule is C1CCC2C3NC(NC4NC(NC5NC(NC6NC(N3)C3CCCCC63)C3CCCCC53)C3CCCCC43)C2C1.[CH2-]Oc1cccc(C(F)(F)F)c1.[CH2-]Oc1cccc(C(F)(F)F)c1.[Cu+2]. The zero-order chi connectivity index (χ0) is 44.6. The van der Waals surface area contributed by atoms with Gasteiger partial charge in [-0.05, 0) is 135 Å². The Labute approximate surface area is 391 Å². The number of fused-ring (bicyclic) bond motifs is 20. The summed E-state index contributed by atoms with van der Waals surface area (Å²) in [6, 6.07) is 9.09. The molecule has 8 bridgehead atoms. The van der Waals surface area contributed by atoms with Crippen molar-refractivity contribution < 1.29 is 52.9 Å². The van der Waals surface area contributed by atoms with Gasteiger partial charge in [-0.1, -0.05) is 63.5 Å². The first kappa shape index (κ1) is 49.2. The Bertz CT molecular complexity index is 1580.